The summed E-state index contributed by atoms with van der Waals surface area (Å²) in [6.07, 6.45) is 6.47. The number of alkyl halides is 2. The first-order chi connectivity index (χ1) is 14.1. The molecule has 3 aromatic rings. The first kappa shape index (κ1) is 21.6. The average molecular weight is 431 g/mol. The monoisotopic (exact) mass is 430 g/mol. The predicted octanol–water partition coefficient (Wildman–Crippen LogP) is 5.69. The number of halogens is 2. The highest BCUT2D eigenvalue weighted by Crippen LogP contribution is 2.24. The van der Waals surface area contributed by atoms with Gasteiger partial charge in [-0.2, -0.15) is 0 Å². The Morgan fingerprint density at radius 1 is 0.966 bits per heavy atom. The van der Waals surface area contributed by atoms with E-state index in [1.165, 1.54) is 0 Å². The summed E-state index contributed by atoms with van der Waals surface area (Å²) in [5, 5.41) is 10.8. The number of benzene rings is 1. The van der Waals surface area contributed by atoms with Gasteiger partial charge in [-0.1, -0.05) is 43.5 Å². The summed E-state index contributed by atoms with van der Waals surface area (Å²) in [7, 11) is 0. The lowest BCUT2D eigenvalue weighted by Crippen LogP contribution is -2.24. The van der Waals surface area contributed by atoms with Crippen LogP contribution in [0.1, 0.15) is 43.8 Å². The van der Waals surface area contributed by atoms with E-state index in [1.807, 2.05) is 48.5 Å². The van der Waals surface area contributed by atoms with Gasteiger partial charge in [0.25, 0.3) is 5.56 Å². The fourth-order valence-electron chi connectivity index (χ4n) is 3.26. The highest BCUT2D eigenvalue weighted by Gasteiger charge is 2.17. The third-order valence-corrected chi connectivity index (χ3v) is 5.24. The zero-order valence-electron chi connectivity index (χ0n) is 16.0. The molecular weight excluding hydrogens is 407 g/mol. The van der Waals surface area contributed by atoms with Gasteiger partial charge in [-0.25, -0.2) is 0 Å². The summed E-state index contributed by atoms with van der Waals surface area (Å²) in [6, 6.07) is 16.8. The molecule has 1 atom stereocenters. The molecule has 4 nitrogen and oxygen atoms in total. The van der Waals surface area contributed by atoms with E-state index in [0.717, 1.165) is 42.6 Å². The first-order valence-corrected chi connectivity index (χ1v) is 10.6. The molecule has 0 radical (unpaired) electrons. The molecule has 0 aliphatic rings. The molecule has 0 spiro atoms. The molecule has 0 aliphatic carbocycles. The second kappa shape index (κ2) is 10.6. The molecule has 1 N–H and O–H groups in total. The minimum Gasteiger partial charge on any atom is -0.388 e. The van der Waals surface area contributed by atoms with Gasteiger partial charge in [0.1, 0.15) is 4.84 Å². The van der Waals surface area contributed by atoms with Crippen LogP contribution in [0.3, 0.4) is 0 Å². The number of aliphatic hydroxyl groups is 1. The maximum atomic E-state index is 13.1. The van der Waals surface area contributed by atoms with Crippen molar-refractivity contribution in [2.24, 2.45) is 0 Å². The number of unbranched alkanes of at least 4 members (excludes halogenated alkanes) is 2. The third-order valence-electron chi connectivity index (χ3n) is 4.80. The van der Waals surface area contributed by atoms with Gasteiger partial charge in [-0.3, -0.25) is 14.3 Å². The van der Waals surface area contributed by atoms with Crippen LogP contribution in [0.5, 0.6) is 0 Å². The van der Waals surface area contributed by atoms with Crippen molar-refractivity contribution in [2.75, 3.05) is 0 Å². The summed E-state index contributed by atoms with van der Waals surface area (Å²) < 4.78 is 1.58. The van der Waals surface area contributed by atoms with Crippen LogP contribution >= 0.6 is 23.2 Å². The molecule has 0 aliphatic heterocycles. The number of rotatable bonds is 9. The highest BCUT2D eigenvalue weighted by atomic mass is 35.5. The van der Waals surface area contributed by atoms with E-state index in [0.29, 0.717) is 12.0 Å². The Kier molecular flexibility index (Phi) is 7.87. The van der Waals surface area contributed by atoms with Gasteiger partial charge in [-0.15, -0.1) is 23.2 Å². The molecule has 3 rings (SSSR count). The molecule has 152 valence electrons. The normalized spacial score (nSPS) is 12.3. The van der Waals surface area contributed by atoms with Gasteiger partial charge < -0.3 is 5.11 Å². The van der Waals surface area contributed by atoms with Crippen LogP contribution in [0, 0.1) is 0 Å². The molecule has 29 heavy (non-hydrogen) atoms. The van der Waals surface area contributed by atoms with Crippen LogP contribution in [-0.4, -0.2) is 19.5 Å². The number of nitrogens with zero attached hydrogens (tertiary/aromatic N) is 2. The zero-order valence-corrected chi connectivity index (χ0v) is 17.6. The van der Waals surface area contributed by atoms with Crippen molar-refractivity contribution in [3.63, 3.8) is 0 Å². The highest BCUT2D eigenvalue weighted by molar-refractivity contribution is 6.44. The van der Waals surface area contributed by atoms with Crippen LogP contribution in [0.25, 0.3) is 16.9 Å². The maximum absolute atomic E-state index is 13.1. The Balaban J connectivity index is 1.90. The summed E-state index contributed by atoms with van der Waals surface area (Å²) >= 11 is 11.5. The first-order valence-electron chi connectivity index (χ1n) is 9.76. The number of hydrogen-bond acceptors (Lipinski definition) is 3. The predicted molar refractivity (Wildman–Crippen MR) is 119 cm³/mol. The van der Waals surface area contributed by atoms with Crippen molar-refractivity contribution in [2.45, 2.75) is 43.0 Å². The molecule has 1 unspecified atom stereocenters. The average Bonchev–Trinajstić information content (AvgIpc) is 2.74. The molecule has 0 fully saturated rings. The summed E-state index contributed by atoms with van der Waals surface area (Å²) in [5.74, 6) is 0. The second-order valence-corrected chi connectivity index (χ2v) is 8.23. The van der Waals surface area contributed by atoms with Crippen LogP contribution in [0.4, 0.5) is 0 Å². The van der Waals surface area contributed by atoms with E-state index in [-0.39, 0.29) is 10.4 Å². The van der Waals surface area contributed by atoms with E-state index in [2.05, 4.69) is 4.98 Å². The minimum absolute atomic E-state index is 0.218. The van der Waals surface area contributed by atoms with Crippen LogP contribution < -0.4 is 5.56 Å². The van der Waals surface area contributed by atoms with E-state index in [4.69, 9.17) is 23.2 Å². The van der Waals surface area contributed by atoms with Crippen molar-refractivity contribution in [1.29, 1.82) is 0 Å². The molecular formula is C23H24Cl2N2O2. The van der Waals surface area contributed by atoms with Crippen LogP contribution in [-0.2, 0) is 0 Å². The number of aromatic nitrogens is 2. The van der Waals surface area contributed by atoms with Gasteiger partial charge in [0.15, 0.2) is 0 Å². The van der Waals surface area contributed by atoms with Crippen molar-refractivity contribution < 1.29 is 5.11 Å². The van der Waals surface area contributed by atoms with Crippen molar-refractivity contribution in [3.05, 3.63) is 82.9 Å². The van der Waals surface area contributed by atoms with Gasteiger partial charge in [-0.05, 0) is 43.2 Å². The molecule has 2 aromatic heterocycles. The lowest BCUT2D eigenvalue weighted by atomic mass is 10.0. The Morgan fingerprint density at radius 2 is 1.69 bits per heavy atom. The van der Waals surface area contributed by atoms with Crippen LogP contribution in [0.2, 0.25) is 0 Å². The van der Waals surface area contributed by atoms with Gasteiger partial charge in [0.2, 0.25) is 0 Å². The molecule has 0 saturated carbocycles. The summed E-state index contributed by atoms with van der Waals surface area (Å²) in [4.78, 5) is 17.2. The van der Waals surface area contributed by atoms with E-state index >= 15 is 0 Å². The molecule has 0 bridgehead atoms. The van der Waals surface area contributed by atoms with Crippen LogP contribution in [0.15, 0.2) is 71.8 Å². The Bertz CT molecular complexity index is 960. The second-order valence-electron chi connectivity index (χ2n) is 6.95. The number of pyridine rings is 2. The SMILES string of the molecule is O=c1c(C(O)CCCCCC(Cl)Cl)cc(-c2ccccn2)cn1-c1ccccc1. The number of hydrogen-bond donors (Lipinski definition) is 1. The van der Waals surface area contributed by atoms with E-state index < -0.39 is 6.10 Å². The van der Waals surface area contributed by atoms with E-state index in [9.17, 15) is 9.90 Å². The fourth-order valence-corrected chi connectivity index (χ4v) is 3.57. The lowest BCUT2D eigenvalue weighted by molar-refractivity contribution is 0.161. The lowest BCUT2D eigenvalue weighted by Gasteiger charge is -2.16. The summed E-state index contributed by atoms with van der Waals surface area (Å²) in [6.45, 7) is 0. The Hall–Kier alpha value is -2.14. The number of aliphatic hydroxyl groups excluding tert-OH is 1. The largest absolute Gasteiger partial charge is 0.388 e. The van der Waals surface area contributed by atoms with Gasteiger partial charge in [0.05, 0.1) is 11.8 Å². The maximum Gasteiger partial charge on any atom is 0.260 e. The standard InChI is InChI=1S/C23H24Cl2N2O2/c24-22(25)13-6-2-5-12-21(28)19-15-17(20-11-7-8-14-26-20)16-27(23(19)29)18-9-3-1-4-10-18/h1,3-4,7-11,14-16,21-22,28H,2,5-6,12-13H2. The smallest absolute Gasteiger partial charge is 0.260 e. The minimum atomic E-state index is -0.844. The van der Waals surface area contributed by atoms with Crippen molar-refractivity contribution >= 4 is 23.2 Å². The zero-order chi connectivity index (χ0) is 20.6. The topological polar surface area (TPSA) is 55.1 Å². The van der Waals surface area contributed by atoms with E-state index in [1.54, 1.807) is 23.0 Å². The quantitative estimate of drug-likeness (QED) is 0.350. The molecule has 1 aromatic carbocycles. The van der Waals surface area contributed by atoms with Crippen molar-refractivity contribution in [3.8, 4) is 16.9 Å². The van der Waals surface area contributed by atoms with Crippen molar-refractivity contribution in [1.82, 2.24) is 9.55 Å². The Labute approximate surface area is 180 Å². The number of para-hydroxylation sites is 1. The Morgan fingerprint density at radius 3 is 2.38 bits per heavy atom. The molecule has 6 heteroatoms. The molecule has 0 amide bonds. The molecule has 0 saturated heterocycles. The van der Waals surface area contributed by atoms with Gasteiger partial charge in [0, 0.05) is 29.2 Å². The molecule has 2 heterocycles. The fraction of sp³-hybridized carbons (Fsp3) is 0.304. The summed E-state index contributed by atoms with van der Waals surface area (Å²) in [5.41, 5.74) is 2.45. The third kappa shape index (κ3) is 5.92. The van der Waals surface area contributed by atoms with Gasteiger partial charge >= 0.3 is 0 Å².